The summed E-state index contributed by atoms with van der Waals surface area (Å²) in [6.07, 6.45) is 13.5. The Labute approximate surface area is 301 Å². The fraction of sp³-hybridized carbons (Fsp3) is 0.951. The Morgan fingerprint density at radius 1 is 0.960 bits per heavy atom. The molecule has 7 fully saturated rings. The summed E-state index contributed by atoms with van der Waals surface area (Å²) in [5.41, 5.74) is 0.638. The number of aliphatic hydroxyl groups excluding tert-OH is 1. The number of carboxylic acid groups (broad SMARTS) is 1. The van der Waals surface area contributed by atoms with Gasteiger partial charge in [0.25, 0.3) is 0 Å². The normalized spacial score (nSPS) is 45.2. The van der Waals surface area contributed by atoms with Crippen LogP contribution in [-0.2, 0) is 23.8 Å². The van der Waals surface area contributed by atoms with Gasteiger partial charge in [-0.25, -0.2) is 0 Å². The number of fused-ring (bicyclic) bond motifs is 2. The van der Waals surface area contributed by atoms with E-state index in [4.69, 9.17) is 14.2 Å². The monoisotopic (exact) mass is 701 g/mol. The molecule has 0 radical (unpaired) electrons. The van der Waals surface area contributed by atoms with Crippen molar-refractivity contribution in [3.63, 3.8) is 0 Å². The van der Waals surface area contributed by atoms with Gasteiger partial charge in [-0.05, 0) is 129 Å². The van der Waals surface area contributed by atoms with Crippen molar-refractivity contribution in [3.8, 4) is 0 Å². The maximum atomic E-state index is 12.8. The molecule has 0 bridgehead atoms. The zero-order valence-electron chi connectivity index (χ0n) is 32.2. The van der Waals surface area contributed by atoms with Crippen LogP contribution in [0.2, 0.25) is 0 Å². The van der Waals surface area contributed by atoms with Gasteiger partial charge in [0, 0.05) is 45.0 Å². The second-order valence-corrected chi connectivity index (χ2v) is 19.4. The minimum Gasteiger partial charge on any atom is -0.480 e. The summed E-state index contributed by atoms with van der Waals surface area (Å²) >= 11 is 0. The van der Waals surface area contributed by atoms with Crippen LogP contribution in [0.5, 0.6) is 0 Å². The quantitative estimate of drug-likeness (QED) is 0.219. The van der Waals surface area contributed by atoms with E-state index in [1.54, 1.807) is 14.0 Å². The van der Waals surface area contributed by atoms with Crippen molar-refractivity contribution < 1.29 is 34.0 Å². The molecular weight excluding hydrogens is 632 g/mol. The third-order valence-electron chi connectivity index (χ3n) is 17.0. The van der Waals surface area contributed by atoms with E-state index in [0.29, 0.717) is 66.5 Å². The average molecular weight is 701 g/mol. The number of rotatable bonds is 12. The molecule has 7 rings (SSSR count). The maximum absolute atomic E-state index is 12.8. The van der Waals surface area contributed by atoms with Gasteiger partial charge in [0.05, 0.1) is 24.9 Å². The molecular formula is C41H68N2O7. The van der Waals surface area contributed by atoms with E-state index >= 15 is 0 Å². The molecule has 1 saturated heterocycles. The average Bonchev–Trinajstić information content (AvgIpc) is 3.99. The van der Waals surface area contributed by atoms with Gasteiger partial charge in [0.15, 0.2) is 6.29 Å². The predicted molar refractivity (Wildman–Crippen MR) is 191 cm³/mol. The number of nitrogens with one attached hydrogen (secondary N) is 1. The van der Waals surface area contributed by atoms with Crippen molar-refractivity contribution >= 4 is 11.9 Å². The van der Waals surface area contributed by atoms with Crippen molar-refractivity contribution in [2.24, 2.45) is 56.7 Å². The number of carbonyl (C=O) groups is 2. The number of aliphatic hydroxyl groups is 1. The molecule has 0 aromatic carbocycles. The van der Waals surface area contributed by atoms with Gasteiger partial charge in [-0.2, -0.15) is 0 Å². The van der Waals surface area contributed by atoms with Gasteiger partial charge in [-0.1, -0.05) is 34.6 Å². The van der Waals surface area contributed by atoms with Gasteiger partial charge in [0.1, 0.15) is 6.04 Å². The van der Waals surface area contributed by atoms with Gasteiger partial charge in [0.2, 0.25) is 5.91 Å². The number of aliphatic carboxylic acids is 1. The number of ether oxygens (including phenoxy) is 3. The molecule has 8 unspecified atom stereocenters. The van der Waals surface area contributed by atoms with Gasteiger partial charge >= 0.3 is 5.97 Å². The molecule has 9 nitrogen and oxygen atoms in total. The number of hydrogen-bond acceptors (Lipinski definition) is 7. The van der Waals surface area contributed by atoms with Crippen LogP contribution in [0.1, 0.15) is 125 Å². The third-order valence-corrected chi connectivity index (χ3v) is 17.0. The topological polar surface area (TPSA) is 118 Å². The lowest BCUT2D eigenvalue weighted by molar-refractivity contribution is -0.232. The Hall–Kier alpha value is -1.26. The molecule has 13 atom stereocenters. The number of nitrogens with zero attached hydrogens (tertiary/aromatic N) is 1. The van der Waals surface area contributed by atoms with Crippen LogP contribution in [0.15, 0.2) is 0 Å². The molecule has 6 aliphatic carbocycles. The lowest BCUT2D eigenvalue weighted by Gasteiger charge is -2.64. The van der Waals surface area contributed by atoms with Crippen LogP contribution >= 0.6 is 0 Å². The molecule has 50 heavy (non-hydrogen) atoms. The van der Waals surface area contributed by atoms with E-state index in [0.717, 1.165) is 32.2 Å². The van der Waals surface area contributed by atoms with Gasteiger partial charge in [-0.3, -0.25) is 9.59 Å². The first-order valence-electron chi connectivity index (χ1n) is 20.3. The Morgan fingerprint density at radius 3 is 2.38 bits per heavy atom. The Bertz CT molecular complexity index is 1290. The Kier molecular flexibility index (Phi) is 9.82. The number of carbonyl (C=O) groups excluding carboxylic acids is 1. The minimum absolute atomic E-state index is 0.0399. The smallest absolute Gasteiger partial charge is 0.320 e. The van der Waals surface area contributed by atoms with Crippen LogP contribution in [0.25, 0.3) is 0 Å². The highest BCUT2D eigenvalue weighted by molar-refractivity contribution is 5.76. The van der Waals surface area contributed by atoms with Crippen molar-refractivity contribution in [1.29, 1.82) is 0 Å². The lowest BCUT2D eigenvalue weighted by atomic mass is 9.41. The second kappa shape index (κ2) is 13.2. The lowest BCUT2D eigenvalue weighted by Crippen LogP contribution is -2.60. The van der Waals surface area contributed by atoms with E-state index in [1.165, 1.54) is 51.4 Å². The van der Waals surface area contributed by atoms with Crippen LogP contribution in [0.3, 0.4) is 0 Å². The van der Waals surface area contributed by atoms with Gasteiger partial charge < -0.3 is 34.6 Å². The fourth-order valence-electron chi connectivity index (χ4n) is 13.7. The van der Waals surface area contributed by atoms with Crippen molar-refractivity contribution in [2.45, 2.75) is 156 Å². The van der Waals surface area contributed by atoms with E-state index in [-0.39, 0.29) is 46.8 Å². The first kappa shape index (κ1) is 37.1. The Balaban J connectivity index is 1.01. The summed E-state index contributed by atoms with van der Waals surface area (Å²) in [4.78, 5) is 26.2. The summed E-state index contributed by atoms with van der Waals surface area (Å²) < 4.78 is 19.0. The molecule has 0 aromatic rings. The highest BCUT2D eigenvalue weighted by Gasteiger charge is 2.83. The van der Waals surface area contributed by atoms with Crippen molar-refractivity contribution in [1.82, 2.24) is 10.2 Å². The number of carboxylic acids is 1. The summed E-state index contributed by atoms with van der Waals surface area (Å²) in [5, 5.41) is 24.6. The van der Waals surface area contributed by atoms with Crippen LogP contribution in [-0.4, -0.2) is 91.0 Å². The summed E-state index contributed by atoms with van der Waals surface area (Å²) in [7, 11) is 1.73. The number of hydrogen-bond donors (Lipinski definition) is 3. The Morgan fingerprint density at radius 2 is 1.68 bits per heavy atom. The molecule has 0 aromatic heterocycles. The van der Waals surface area contributed by atoms with E-state index in [2.05, 4.69) is 39.9 Å². The summed E-state index contributed by atoms with van der Waals surface area (Å²) in [5.74, 6) is 1.96. The van der Waals surface area contributed by atoms with Crippen LogP contribution in [0.4, 0.5) is 0 Å². The molecule has 1 heterocycles. The molecule has 3 N–H and O–H groups in total. The molecule has 1 aliphatic heterocycles. The van der Waals surface area contributed by atoms with E-state index in [1.807, 2.05) is 4.90 Å². The minimum atomic E-state index is -0.846. The zero-order valence-corrected chi connectivity index (χ0v) is 32.2. The van der Waals surface area contributed by atoms with Gasteiger partial charge in [-0.15, -0.1) is 0 Å². The highest BCUT2D eigenvalue weighted by Crippen LogP contribution is 2.89. The van der Waals surface area contributed by atoms with Crippen LogP contribution in [0, 0.1) is 56.7 Å². The first-order valence-corrected chi connectivity index (χ1v) is 20.3. The standard InChI is InChI=1S/C41H68N2O7/c1-25(20-28(48-7)23-42-26(2)36(46)47)29-22-32(44)39(6)31-11-10-30-37(3,4)33(12-14-40(30)24-41(31,40)16-15-38(29,39)5)50-35-13-17-43(18-19-49-35)34(45)21-27-8-9-27/h25-33,35,42,44H,8-24H2,1-7H3,(H,46,47)/t25-,26?,28?,29-,30+,31?,32+,33?,35?,38?,39-,40?,41?/m1/s1. The summed E-state index contributed by atoms with van der Waals surface area (Å²) in [6, 6.07) is -0.608. The van der Waals surface area contributed by atoms with E-state index in [9.17, 15) is 19.8 Å². The first-order chi connectivity index (χ1) is 23.6. The number of amides is 1. The maximum Gasteiger partial charge on any atom is 0.320 e. The van der Waals surface area contributed by atoms with Crippen molar-refractivity contribution in [2.75, 3.05) is 33.4 Å². The molecule has 2 spiro atoms. The zero-order chi connectivity index (χ0) is 35.9. The molecule has 1 amide bonds. The predicted octanol–water partition coefficient (Wildman–Crippen LogP) is 6.26. The SMILES string of the molecule is COC(CNC(C)C(=O)O)C[C@@H](C)[C@H]1C[C@H](O)[C@@]2(C)C3CC[C@H]4C(C)(C)C(OC5CCN(C(=O)CC6CC6)CCO5)CCC45CC35CCC12C. The molecule has 7 aliphatic rings. The van der Waals surface area contributed by atoms with Crippen molar-refractivity contribution in [3.05, 3.63) is 0 Å². The summed E-state index contributed by atoms with van der Waals surface area (Å²) in [6.45, 7) is 16.4. The molecule has 9 heteroatoms. The molecule has 284 valence electrons. The largest absolute Gasteiger partial charge is 0.480 e. The second-order valence-electron chi connectivity index (χ2n) is 19.4. The molecule has 6 saturated carbocycles. The fourth-order valence-corrected chi connectivity index (χ4v) is 13.7. The van der Waals surface area contributed by atoms with E-state index < -0.39 is 12.0 Å². The van der Waals surface area contributed by atoms with Crippen LogP contribution < -0.4 is 5.32 Å². The third kappa shape index (κ3) is 5.81. The highest BCUT2D eigenvalue weighted by atomic mass is 16.7. The number of methoxy groups -OCH3 is 1.